The van der Waals surface area contributed by atoms with Gasteiger partial charge in [0, 0.05) is 24.2 Å². The zero-order valence-electron chi connectivity index (χ0n) is 26.2. The van der Waals surface area contributed by atoms with Crippen molar-refractivity contribution in [2.45, 2.75) is 88.1 Å². The quantitative estimate of drug-likeness (QED) is 0.122. The zero-order chi connectivity index (χ0) is 34.1. The van der Waals surface area contributed by atoms with E-state index in [1.165, 1.54) is 0 Å². The van der Waals surface area contributed by atoms with Crippen molar-refractivity contribution >= 4 is 11.8 Å². The van der Waals surface area contributed by atoms with Gasteiger partial charge in [-0.3, -0.25) is 9.59 Å². The maximum Gasteiger partial charge on any atom is 0.251 e. The van der Waals surface area contributed by atoms with E-state index in [2.05, 4.69) is 10.6 Å². The summed E-state index contributed by atoms with van der Waals surface area (Å²) in [6, 6.07) is 12.8. The SMILES string of the molecule is CCCOc1ccc(C(=O)NC[C@H]2O[C@H](O[C@H]3O[C@H](CNC(=O)c4ccc(OCCC)cc4)[C@@H](O)[C@H](O)[C@H]3O)[C@H](O)[C@@H](O)[C@@H]2O)cc1. The van der Waals surface area contributed by atoms with Crippen LogP contribution in [-0.4, -0.2) is 130 Å². The molecule has 2 amide bonds. The summed E-state index contributed by atoms with van der Waals surface area (Å²) in [6.07, 6.45) is -14.7. The smallest absolute Gasteiger partial charge is 0.251 e. The Hall–Kier alpha value is -3.38. The first-order chi connectivity index (χ1) is 22.5. The lowest BCUT2D eigenvalue weighted by Crippen LogP contribution is -2.64. The van der Waals surface area contributed by atoms with Gasteiger partial charge in [-0.15, -0.1) is 0 Å². The van der Waals surface area contributed by atoms with E-state index >= 15 is 0 Å². The number of benzene rings is 2. The van der Waals surface area contributed by atoms with Gasteiger partial charge < -0.3 is 65.0 Å². The Labute approximate surface area is 272 Å². The average molecular weight is 665 g/mol. The van der Waals surface area contributed by atoms with Crippen LogP contribution >= 0.6 is 0 Å². The molecule has 0 radical (unpaired) electrons. The third kappa shape index (κ3) is 9.37. The molecule has 4 rings (SSSR count). The molecular formula is C32H44N2O13. The molecule has 0 aromatic heterocycles. The van der Waals surface area contributed by atoms with E-state index in [-0.39, 0.29) is 13.1 Å². The van der Waals surface area contributed by atoms with Gasteiger partial charge in [0.2, 0.25) is 0 Å². The molecule has 47 heavy (non-hydrogen) atoms. The lowest BCUT2D eigenvalue weighted by Gasteiger charge is -2.45. The topological polar surface area (TPSA) is 226 Å². The summed E-state index contributed by atoms with van der Waals surface area (Å²) in [7, 11) is 0. The second-order valence-electron chi connectivity index (χ2n) is 11.3. The molecule has 2 aromatic rings. The van der Waals surface area contributed by atoms with E-state index in [0.29, 0.717) is 35.8 Å². The van der Waals surface area contributed by atoms with Crippen molar-refractivity contribution in [2.75, 3.05) is 26.3 Å². The van der Waals surface area contributed by atoms with Gasteiger partial charge in [0.05, 0.1) is 13.2 Å². The first-order valence-corrected chi connectivity index (χ1v) is 15.6. The summed E-state index contributed by atoms with van der Waals surface area (Å²) in [4.78, 5) is 25.4. The van der Waals surface area contributed by atoms with E-state index in [4.69, 9.17) is 23.7 Å². The van der Waals surface area contributed by atoms with Gasteiger partial charge in [-0.25, -0.2) is 0 Å². The number of amides is 2. The van der Waals surface area contributed by atoms with E-state index in [1.54, 1.807) is 48.5 Å². The highest BCUT2D eigenvalue weighted by Crippen LogP contribution is 2.28. The maximum atomic E-state index is 12.7. The van der Waals surface area contributed by atoms with Crippen molar-refractivity contribution in [3.05, 3.63) is 59.7 Å². The van der Waals surface area contributed by atoms with Crippen molar-refractivity contribution in [1.29, 1.82) is 0 Å². The van der Waals surface area contributed by atoms with Gasteiger partial charge in [-0.05, 0) is 61.4 Å². The monoisotopic (exact) mass is 664 g/mol. The van der Waals surface area contributed by atoms with Crippen LogP contribution in [0.1, 0.15) is 47.4 Å². The number of hydrogen-bond acceptors (Lipinski definition) is 13. The summed E-state index contributed by atoms with van der Waals surface area (Å²) < 4.78 is 27.9. The fourth-order valence-corrected chi connectivity index (χ4v) is 4.96. The Kier molecular flexibility index (Phi) is 13.3. The Balaban J connectivity index is 1.34. The molecule has 8 N–H and O–H groups in total. The first-order valence-electron chi connectivity index (χ1n) is 15.6. The number of nitrogens with one attached hydrogen (secondary N) is 2. The number of ether oxygens (including phenoxy) is 5. The highest BCUT2D eigenvalue weighted by molar-refractivity contribution is 5.94. The summed E-state index contributed by atoms with van der Waals surface area (Å²) in [5.74, 6) is 0.192. The Morgan fingerprint density at radius 3 is 1.30 bits per heavy atom. The molecule has 0 aliphatic carbocycles. The molecule has 0 spiro atoms. The highest BCUT2D eigenvalue weighted by Gasteiger charge is 2.49. The number of carbonyl (C=O) groups is 2. The Morgan fingerprint density at radius 2 is 0.957 bits per heavy atom. The minimum Gasteiger partial charge on any atom is -0.494 e. The second kappa shape index (κ2) is 17.1. The van der Waals surface area contributed by atoms with Crippen LogP contribution in [0.5, 0.6) is 11.5 Å². The molecule has 10 atom stereocenters. The second-order valence-corrected chi connectivity index (χ2v) is 11.3. The van der Waals surface area contributed by atoms with Crippen molar-refractivity contribution in [1.82, 2.24) is 10.6 Å². The molecule has 2 fully saturated rings. The minimum atomic E-state index is -1.82. The van der Waals surface area contributed by atoms with Crippen LogP contribution in [0.15, 0.2) is 48.5 Å². The normalized spacial score (nSPS) is 30.7. The van der Waals surface area contributed by atoms with Gasteiger partial charge in [0.25, 0.3) is 11.8 Å². The number of aliphatic hydroxyl groups excluding tert-OH is 6. The van der Waals surface area contributed by atoms with Crippen LogP contribution in [0.2, 0.25) is 0 Å². The van der Waals surface area contributed by atoms with Crippen LogP contribution in [0, 0.1) is 0 Å². The lowest BCUT2D eigenvalue weighted by atomic mass is 9.97. The van der Waals surface area contributed by atoms with Crippen LogP contribution < -0.4 is 20.1 Å². The van der Waals surface area contributed by atoms with Crippen LogP contribution in [-0.2, 0) is 14.2 Å². The summed E-state index contributed by atoms with van der Waals surface area (Å²) in [6.45, 7) is 4.41. The standard InChI is InChI=1S/C32H44N2O13/c1-3-13-43-19-9-5-17(6-10-19)29(41)33-15-21-23(35)25(37)27(39)31(45-21)47-32-28(40)26(38)24(36)22(46-32)16-34-30(42)18-7-11-20(12-8-18)44-14-4-2/h5-12,21-28,31-32,35-40H,3-4,13-16H2,1-2H3,(H,33,41)(H,34,42)/t21-,22-,23-,24-,25+,26+,27-,28-,31-,32-/m1/s1. The van der Waals surface area contributed by atoms with Crippen molar-refractivity contribution < 1.29 is 63.9 Å². The summed E-state index contributed by atoms with van der Waals surface area (Å²) in [5.41, 5.74) is 0.602. The van der Waals surface area contributed by atoms with Gasteiger partial charge in [0.15, 0.2) is 12.6 Å². The summed E-state index contributed by atoms with van der Waals surface area (Å²) >= 11 is 0. The van der Waals surface area contributed by atoms with Crippen molar-refractivity contribution in [3.63, 3.8) is 0 Å². The zero-order valence-corrected chi connectivity index (χ0v) is 26.2. The van der Waals surface area contributed by atoms with Crippen LogP contribution in [0.3, 0.4) is 0 Å². The molecule has 2 aliphatic heterocycles. The summed E-state index contributed by atoms with van der Waals surface area (Å²) in [5, 5.41) is 68.3. The van der Waals surface area contributed by atoms with Gasteiger partial charge in [-0.2, -0.15) is 0 Å². The fourth-order valence-electron chi connectivity index (χ4n) is 4.96. The number of rotatable bonds is 14. The molecule has 15 heteroatoms. The predicted molar refractivity (Wildman–Crippen MR) is 164 cm³/mol. The number of hydrogen-bond donors (Lipinski definition) is 8. The number of carbonyl (C=O) groups excluding carboxylic acids is 2. The Bertz CT molecular complexity index is 1180. The lowest BCUT2D eigenvalue weighted by molar-refractivity contribution is -0.372. The van der Waals surface area contributed by atoms with E-state index < -0.39 is 73.2 Å². The molecule has 2 aromatic carbocycles. The minimum absolute atomic E-state index is 0.298. The Morgan fingerprint density at radius 1 is 0.596 bits per heavy atom. The van der Waals surface area contributed by atoms with Crippen molar-refractivity contribution in [2.24, 2.45) is 0 Å². The molecule has 0 saturated carbocycles. The molecule has 2 aliphatic rings. The van der Waals surface area contributed by atoms with Crippen LogP contribution in [0.25, 0.3) is 0 Å². The molecule has 0 unspecified atom stereocenters. The maximum absolute atomic E-state index is 12.7. The molecule has 0 bridgehead atoms. The van der Waals surface area contributed by atoms with Crippen LogP contribution in [0.4, 0.5) is 0 Å². The first kappa shape index (κ1) is 36.5. The average Bonchev–Trinajstić information content (AvgIpc) is 3.09. The third-order valence-electron chi connectivity index (χ3n) is 7.71. The van der Waals surface area contributed by atoms with Gasteiger partial charge >= 0.3 is 0 Å². The van der Waals surface area contributed by atoms with E-state index in [1.807, 2.05) is 13.8 Å². The fraction of sp³-hybridized carbons (Fsp3) is 0.562. The van der Waals surface area contributed by atoms with Crippen molar-refractivity contribution in [3.8, 4) is 11.5 Å². The molecule has 15 nitrogen and oxygen atoms in total. The van der Waals surface area contributed by atoms with Gasteiger partial charge in [-0.1, -0.05) is 13.8 Å². The predicted octanol–water partition coefficient (Wildman–Crippen LogP) is -0.944. The largest absolute Gasteiger partial charge is 0.494 e. The highest BCUT2D eigenvalue weighted by atomic mass is 16.8. The molecule has 260 valence electrons. The van der Waals surface area contributed by atoms with E-state index in [0.717, 1.165) is 12.8 Å². The molecule has 2 saturated heterocycles. The van der Waals surface area contributed by atoms with E-state index in [9.17, 15) is 40.2 Å². The molecule has 2 heterocycles. The van der Waals surface area contributed by atoms with Gasteiger partial charge in [0.1, 0.15) is 60.3 Å². The number of aliphatic hydroxyl groups is 6. The third-order valence-corrected chi connectivity index (χ3v) is 7.71. The molecular weight excluding hydrogens is 620 g/mol.